The first-order chi connectivity index (χ1) is 7.79. The van der Waals surface area contributed by atoms with Crippen molar-refractivity contribution >= 4 is 19.7 Å². The average Bonchev–Trinajstić information content (AvgIpc) is 2.26. The summed E-state index contributed by atoms with van der Waals surface area (Å²) in [6, 6.07) is 0. The van der Waals surface area contributed by atoms with Crippen molar-refractivity contribution in [3.05, 3.63) is 25.3 Å². The summed E-state index contributed by atoms with van der Waals surface area (Å²) in [5.41, 5.74) is 4.53. The van der Waals surface area contributed by atoms with Gasteiger partial charge in [-0.3, -0.25) is 14.2 Å². The monoisotopic (exact) mass is 267 g/mol. The minimum Gasteiger partial charge on any atom is -0.394 e. The van der Waals surface area contributed by atoms with Gasteiger partial charge >= 0.3 is 13.8 Å². The molecule has 4 N–H and O–H groups in total. The van der Waals surface area contributed by atoms with Crippen LogP contribution in [0, 0.1) is 0 Å². The Kier molecular flexibility index (Phi) is 10.3. The summed E-state index contributed by atoms with van der Waals surface area (Å²) in [5, 5.41) is 8.20. The molecule has 9 heteroatoms. The molecule has 0 radical (unpaired) electrons. The highest BCUT2D eigenvalue weighted by Crippen LogP contribution is 2.42. The lowest BCUT2D eigenvalue weighted by molar-refractivity contribution is -0.130. The molecule has 98 valence electrons. The van der Waals surface area contributed by atoms with Crippen LogP contribution in [0.25, 0.3) is 0 Å². The van der Waals surface area contributed by atoms with E-state index in [4.69, 9.17) is 10.00 Å². The first-order valence-electron chi connectivity index (χ1n) is 4.15. The van der Waals surface area contributed by atoms with Gasteiger partial charge in [-0.2, -0.15) is 0 Å². The lowest BCUT2D eigenvalue weighted by Gasteiger charge is -2.08. The second-order valence-electron chi connectivity index (χ2n) is 2.25. The molecule has 0 spiro atoms. The molecule has 0 saturated carbocycles. The van der Waals surface area contributed by atoms with Crippen molar-refractivity contribution in [2.24, 2.45) is 5.73 Å². The molecule has 0 aromatic rings. The van der Waals surface area contributed by atoms with Gasteiger partial charge in [0, 0.05) is 6.08 Å². The smallest absolute Gasteiger partial charge is 0.394 e. The van der Waals surface area contributed by atoms with Crippen molar-refractivity contribution in [1.29, 1.82) is 0 Å². The standard InChI is InChI=1S/C5H9O6P.C3H5NO/c1-2-5(7)11-12(8,9)10-4-3-6;1-2-3(4)5/h2,6H,1,3-4H2,(H,8,9);2H,1H2,(H2,4,5). The predicted molar refractivity (Wildman–Crippen MR) is 58.5 cm³/mol. The largest absolute Gasteiger partial charge is 0.529 e. The summed E-state index contributed by atoms with van der Waals surface area (Å²) in [5.74, 6) is -1.54. The molecular weight excluding hydrogens is 253 g/mol. The number of hydrogen-bond donors (Lipinski definition) is 3. The van der Waals surface area contributed by atoms with Crippen LogP contribution in [-0.4, -0.2) is 35.1 Å². The Morgan fingerprint density at radius 2 is 1.82 bits per heavy atom. The van der Waals surface area contributed by atoms with Crippen molar-refractivity contribution in [2.75, 3.05) is 13.2 Å². The van der Waals surface area contributed by atoms with E-state index in [9.17, 15) is 14.2 Å². The van der Waals surface area contributed by atoms with Crippen LogP contribution in [0.1, 0.15) is 0 Å². The van der Waals surface area contributed by atoms with Gasteiger partial charge in [0.2, 0.25) is 5.91 Å². The predicted octanol–water partition coefficient (Wildman–Crippen LogP) is -0.517. The van der Waals surface area contributed by atoms with Crippen molar-refractivity contribution in [2.45, 2.75) is 0 Å². The number of nitrogens with two attached hydrogens (primary N) is 1. The second kappa shape index (κ2) is 9.73. The van der Waals surface area contributed by atoms with E-state index in [1.165, 1.54) is 0 Å². The Bertz CT molecular complexity index is 328. The maximum atomic E-state index is 10.7. The molecule has 17 heavy (non-hydrogen) atoms. The van der Waals surface area contributed by atoms with Crippen LogP contribution in [0.2, 0.25) is 0 Å². The molecule has 0 aliphatic rings. The lowest BCUT2D eigenvalue weighted by Crippen LogP contribution is -2.04. The van der Waals surface area contributed by atoms with E-state index in [1.54, 1.807) is 0 Å². The Hall–Kier alpha value is -1.47. The molecule has 0 aliphatic carbocycles. The highest BCUT2D eigenvalue weighted by Gasteiger charge is 2.24. The van der Waals surface area contributed by atoms with Crippen LogP contribution in [0.3, 0.4) is 0 Å². The molecular formula is C8H14NO7P. The number of rotatable bonds is 6. The van der Waals surface area contributed by atoms with Crippen LogP contribution in [0.5, 0.6) is 0 Å². The molecule has 1 unspecified atom stereocenters. The van der Waals surface area contributed by atoms with Gasteiger partial charge in [0.25, 0.3) is 0 Å². The zero-order chi connectivity index (χ0) is 13.9. The van der Waals surface area contributed by atoms with Crippen molar-refractivity contribution in [1.82, 2.24) is 0 Å². The Balaban J connectivity index is 0. The summed E-state index contributed by atoms with van der Waals surface area (Å²) >= 11 is 0. The minimum atomic E-state index is -4.36. The van der Waals surface area contributed by atoms with E-state index in [1.807, 2.05) is 0 Å². The molecule has 1 amide bonds. The van der Waals surface area contributed by atoms with Crippen molar-refractivity contribution in [3.63, 3.8) is 0 Å². The molecule has 0 rings (SSSR count). The fourth-order valence-corrected chi connectivity index (χ4v) is 1.00. The van der Waals surface area contributed by atoms with Crippen LogP contribution in [0.15, 0.2) is 25.3 Å². The third-order valence-corrected chi connectivity index (χ3v) is 1.84. The third kappa shape index (κ3) is 14.5. The number of amides is 1. The molecule has 1 atom stereocenters. The van der Waals surface area contributed by atoms with Crippen molar-refractivity contribution in [3.8, 4) is 0 Å². The summed E-state index contributed by atoms with van der Waals surface area (Å²) in [4.78, 5) is 28.5. The average molecular weight is 267 g/mol. The van der Waals surface area contributed by atoms with Crippen LogP contribution in [0.4, 0.5) is 0 Å². The van der Waals surface area contributed by atoms with Gasteiger partial charge in [-0.1, -0.05) is 13.2 Å². The Labute approximate surface area is 97.9 Å². The van der Waals surface area contributed by atoms with Gasteiger partial charge in [-0.25, -0.2) is 9.36 Å². The zero-order valence-electron chi connectivity index (χ0n) is 8.94. The highest BCUT2D eigenvalue weighted by molar-refractivity contribution is 7.48. The van der Waals surface area contributed by atoms with Crippen LogP contribution < -0.4 is 5.73 Å². The molecule has 0 aromatic carbocycles. The topological polar surface area (TPSA) is 136 Å². The molecule has 0 heterocycles. The maximum Gasteiger partial charge on any atom is 0.529 e. The van der Waals surface area contributed by atoms with E-state index in [0.29, 0.717) is 0 Å². The van der Waals surface area contributed by atoms with Crippen LogP contribution in [-0.2, 0) is 23.2 Å². The number of phosphoric ester groups is 1. The van der Waals surface area contributed by atoms with Crippen LogP contribution >= 0.6 is 7.82 Å². The summed E-state index contributed by atoms with van der Waals surface area (Å²) in [6.07, 6.45) is 1.78. The fraction of sp³-hybridized carbons (Fsp3) is 0.250. The number of phosphoric acid groups is 1. The van der Waals surface area contributed by atoms with Gasteiger partial charge in [-0.15, -0.1) is 0 Å². The number of carbonyl (C=O) groups excluding carboxylic acids is 2. The van der Waals surface area contributed by atoms with E-state index in [2.05, 4.69) is 27.9 Å². The number of hydrogen-bond acceptors (Lipinski definition) is 6. The molecule has 0 saturated heterocycles. The fourth-order valence-electron chi connectivity index (χ4n) is 0.334. The number of aliphatic hydroxyl groups excluding tert-OH is 1. The normalized spacial score (nSPS) is 12.4. The van der Waals surface area contributed by atoms with Gasteiger partial charge in [-0.05, 0) is 6.08 Å². The molecule has 0 fully saturated rings. The van der Waals surface area contributed by atoms with Gasteiger partial charge in [0.05, 0.1) is 13.2 Å². The number of aliphatic hydroxyl groups is 1. The van der Waals surface area contributed by atoms with Crippen molar-refractivity contribution < 1.29 is 33.2 Å². The summed E-state index contributed by atoms with van der Waals surface area (Å²) < 4.78 is 18.7. The SMILES string of the molecule is C=CC(=O)OP(=O)(O)OCCO.C=CC(N)=O. The quantitative estimate of drug-likeness (QED) is 0.435. The highest BCUT2D eigenvalue weighted by atomic mass is 31.2. The molecule has 0 bridgehead atoms. The first-order valence-corrected chi connectivity index (χ1v) is 5.64. The van der Waals surface area contributed by atoms with E-state index >= 15 is 0 Å². The summed E-state index contributed by atoms with van der Waals surface area (Å²) in [6.45, 7) is 5.29. The zero-order valence-corrected chi connectivity index (χ0v) is 9.84. The van der Waals surface area contributed by atoms with Gasteiger partial charge in [0.15, 0.2) is 0 Å². The molecule has 0 aromatic heterocycles. The third-order valence-electron chi connectivity index (χ3n) is 0.919. The summed E-state index contributed by atoms with van der Waals surface area (Å²) in [7, 11) is -4.36. The first kappa shape index (κ1) is 17.9. The van der Waals surface area contributed by atoms with Gasteiger partial charge in [0.1, 0.15) is 0 Å². The Morgan fingerprint density at radius 3 is 2.12 bits per heavy atom. The lowest BCUT2D eigenvalue weighted by atomic mass is 10.6. The maximum absolute atomic E-state index is 10.7. The number of primary amides is 1. The van der Waals surface area contributed by atoms with E-state index < -0.39 is 26.3 Å². The molecule has 8 nitrogen and oxygen atoms in total. The minimum absolute atomic E-state index is 0.377. The van der Waals surface area contributed by atoms with E-state index in [-0.39, 0.29) is 6.61 Å². The Morgan fingerprint density at radius 1 is 1.35 bits per heavy atom. The second-order valence-corrected chi connectivity index (χ2v) is 3.62. The number of carbonyl (C=O) groups is 2. The van der Waals surface area contributed by atoms with Gasteiger partial charge < -0.3 is 15.4 Å². The van der Waals surface area contributed by atoms with E-state index in [0.717, 1.165) is 12.2 Å². The molecule has 0 aliphatic heterocycles.